The van der Waals surface area contributed by atoms with Crippen molar-refractivity contribution in [3.8, 4) is 5.88 Å². The summed E-state index contributed by atoms with van der Waals surface area (Å²) in [5.74, 6) is 2.19. The first-order valence-corrected chi connectivity index (χ1v) is 7.69. The van der Waals surface area contributed by atoms with E-state index in [9.17, 15) is 0 Å². The molecule has 0 radical (unpaired) electrons. The molecule has 0 amide bonds. The zero-order valence-electron chi connectivity index (χ0n) is 13.5. The van der Waals surface area contributed by atoms with E-state index in [1.165, 1.54) is 12.8 Å². The molecule has 0 saturated heterocycles. The van der Waals surface area contributed by atoms with Gasteiger partial charge in [-0.05, 0) is 38.8 Å². The second-order valence-electron chi connectivity index (χ2n) is 5.45. The Morgan fingerprint density at radius 2 is 1.85 bits per heavy atom. The van der Waals surface area contributed by atoms with Gasteiger partial charge >= 0.3 is 0 Å². The third-order valence-electron chi connectivity index (χ3n) is 3.56. The molecular weight excluding hydrogens is 250 g/mol. The van der Waals surface area contributed by atoms with Crippen LogP contribution < -0.4 is 15.4 Å². The molecule has 0 atom stereocenters. The molecule has 0 aliphatic heterocycles. The molecule has 0 spiro atoms. The zero-order valence-corrected chi connectivity index (χ0v) is 13.5. The number of aromatic nitrogens is 1. The van der Waals surface area contributed by atoms with Crippen molar-refractivity contribution >= 4 is 11.5 Å². The maximum absolute atomic E-state index is 5.93. The van der Waals surface area contributed by atoms with Crippen LogP contribution in [0.2, 0.25) is 0 Å². The van der Waals surface area contributed by atoms with Crippen LogP contribution in [0, 0.1) is 5.92 Å². The summed E-state index contributed by atoms with van der Waals surface area (Å²) in [5.41, 5.74) is 6.53. The molecule has 0 saturated carbocycles. The molecule has 1 aromatic heterocycles. The van der Waals surface area contributed by atoms with Crippen LogP contribution >= 0.6 is 0 Å². The summed E-state index contributed by atoms with van der Waals surface area (Å²) in [5, 5.41) is 0. The topological polar surface area (TPSA) is 51.4 Å². The zero-order chi connectivity index (χ0) is 15.1. The van der Waals surface area contributed by atoms with Gasteiger partial charge in [-0.2, -0.15) is 4.98 Å². The fraction of sp³-hybridized carbons (Fsp3) is 0.688. The number of anilines is 2. The molecule has 2 N–H and O–H groups in total. The fourth-order valence-corrected chi connectivity index (χ4v) is 2.18. The Bertz CT molecular complexity index is 403. The summed E-state index contributed by atoms with van der Waals surface area (Å²) in [6.07, 6.45) is 2.46. The molecule has 20 heavy (non-hydrogen) atoms. The van der Waals surface area contributed by atoms with Gasteiger partial charge in [0.25, 0.3) is 0 Å². The first-order chi connectivity index (χ1) is 9.51. The predicted octanol–water partition coefficient (Wildman–Crippen LogP) is 3.71. The standard InChI is InChI=1S/C16H29N3O/c1-6-13(7-2)11-19(8-3)15-10-9-14(17)16(18-15)20-12(4)5/h9-10,12-13H,6-8,11,17H2,1-5H3. The van der Waals surface area contributed by atoms with Crippen LogP contribution in [0.15, 0.2) is 12.1 Å². The first kappa shape index (κ1) is 16.6. The normalized spacial score (nSPS) is 11.2. The van der Waals surface area contributed by atoms with Gasteiger partial charge in [-0.25, -0.2) is 0 Å². The second kappa shape index (κ2) is 7.98. The van der Waals surface area contributed by atoms with E-state index in [-0.39, 0.29) is 6.10 Å². The van der Waals surface area contributed by atoms with Crippen molar-refractivity contribution in [2.45, 2.75) is 53.6 Å². The van der Waals surface area contributed by atoms with Gasteiger partial charge in [0.2, 0.25) is 5.88 Å². The number of pyridine rings is 1. The van der Waals surface area contributed by atoms with Crippen LogP contribution in [0.1, 0.15) is 47.5 Å². The van der Waals surface area contributed by atoms with E-state index in [1.54, 1.807) is 0 Å². The van der Waals surface area contributed by atoms with Crippen molar-refractivity contribution in [1.82, 2.24) is 4.98 Å². The molecule has 0 fully saturated rings. The van der Waals surface area contributed by atoms with E-state index in [0.717, 1.165) is 18.9 Å². The molecule has 1 rings (SSSR count). The molecule has 4 nitrogen and oxygen atoms in total. The van der Waals surface area contributed by atoms with Crippen molar-refractivity contribution in [3.63, 3.8) is 0 Å². The van der Waals surface area contributed by atoms with Gasteiger partial charge in [-0.15, -0.1) is 0 Å². The van der Waals surface area contributed by atoms with E-state index in [4.69, 9.17) is 10.5 Å². The van der Waals surface area contributed by atoms with E-state index < -0.39 is 0 Å². The molecule has 0 aliphatic carbocycles. The second-order valence-corrected chi connectivity index (χ2v) is 5.45. The third-order valence-corrected chi connectivity index (χ3v) is 3.56. The molecule has 0 bridgehead atoms. The molecular formula is C16H29N3O. The SMILES string of the molecule is CCC(CC)CN(CC)c1ccc(N)c(OC(C)C)n1. The summed E-state index contributed by atoms with van der Waals surface area (Å²) in [6, 6.07) is 3.87. The monoisotopic (exact) mass is 279 g/mol. The number of nitrogens with two attached hydrogens (primary N) is 1. The highest BCUT2D eigenvalue weighted by molar-refractivity contribution is 5.54. The highest BCUT2D eigenvalue weighted by atomic mass is 16.5. The summed E-state index contributed by atoms with van der Waals surface area (Å²) in [7, 11) is 0. The first-order valence-electron chi connectivity index (χ1n) is 7.69. The number of hydrogen-bond acceptors (Lipinski definition) is 4. The van der Waals surface area contributed by atoms with Gasteiger partial charge in [0.05, 0.1) is 11.8 Å². The van der Waals surface area contributed by atoms with Gasteiger partial charge in [-0.1, -0.05) is 26.7 Å². The van der Waals surface area contributed by atoms with Crippen LogP contribution in [0.3, 0.4) is 0 Å². The van der Waals surface area contributed by atoms with Crippen LogP contribution in [0.4, 0.5) is 11.5 Å². The summed E-state index contributed by atoms with van der Waals surface area (Å²) in [6.45, 7) is 12.6. The summed E-state index contributed by atoms with van der Waals surface area (Å²) < 4.78 is 5.68. The number of nitrogen functional groups attached to an aromatic ring is 1. The highest BCUT2D eigenvalue weighted by Gasteiger charge is 2.14. The molecule has 4 heteroatoms. The molecule has 0 aliphatic rings. The van der Waals surface area contributed by atoms with Crippen LogP contribution in [0.25, 0.3) is 0 Å². The maximum atomic E-state index is 5.93. The lowest BCUT2D eigenvalue weighted by Gasteiger charge is -2.27. The van der Waals surface area contributed by atoms with E-state index in [0.29, 0.717) is 17.5 Å². The third kappa shape index (κ3) is 4.58. The Morgan fingerprint density at radius 3 is 2.35 bits per heavy atom. The number of hydrogen-bond donors (Lipinski definition) is 1. The quantitative estimate of drug-likeness (QED) is 0.788. The van der Waals surface area contributed by atoms with Crippen LogP contribution in [-0.4, -0.2) is 24.2 Å². The Balaban J connectivity index is 2.92. The Hall–Kier alpha value is -1.45. The number of rotatable bonds is 8. The average molecular weight is 279 g/mol. The fourth-order valence-electron chi connectivity index (χ4n) is 2.18. The minimum absolute atomic E-state index is 0.0779. The smallest absolute Gasteiger partial charge is 0.239 e. The maximum Gasteiger partial charge on any atom is 0.239 e. The average Bonchev–Trinajstić information content (AvgIpc) is 2.42. The summed E-state index contributed by atoms with van der Waals surface area (Å²) in [4.78, 5) is 6.88. The lowest BCUT2D eigenvalue weighted by molar-refractivity contribution is 0.234. The Kier molecular flexibility index (Phi) is 6.62. The Morgan fingerprint density at radius 1 is 1.20 bits per heavy atom. The van der Waals surface area contributed by atoms with Gasteiger partial charge in [0.1, 0.15) is 5.82 Å². The van der Waals surface area contributed by atoms with Crippen molar-refractivity contribution in [2.24, 2.45) is 5.92 Å². The van der Waals surface area contributed by atoms with Crippen molar-refractivity contribution in [2.75, 3.05) is 23.7 Å². The van der Waals surface area contributed by atoms with E-state index in [1.807, 2.05) is 26.0 Å². The number of ether oxygens (including phenoxy) is 1. The number of nitrogens with zero attached hydrogens (tertiary/aromatic N) is 2. The molecule has 0 aromatic carbocycles. The lowest BCUT2D eigenvalue weighted by Crippen LogP contribution is -2.30. The molecule has 1 heterocycles. The highest BCUT2D eigenvalue weighted by Crippen LogP contribution is 2.25. The predicted molar refractivity (Wildman–Crippen MR) is 86.4 cm³/mol. The lowest BCUT2D eigenvalue weighted by atomic mass is 10.0. The van der Waals surface area contributed by atoms with E-state index >= 15 is 0 Å². The van der Waals surface area contributed by atoms with Gasteiger partial charge in [-0.3, -0.25) is 0 Å². The van der Waals surface area contributed by atoms with Gasteiger partial charge in [0, 0.05) is 13.1 Å². The van der Waals surface area contributed by atoms with E-state index in [2.05, 4.69) is 30.7 Å². The minimum Gasteiger partial charge on any atom is -0.473 e. The minimum atomic E-state index is 0.0779. The van der Waals surface area contributed by atoms with Crippen molar-refractivity contribution < 1.29 is 4.74 Å². The Labute approximate surface area is 123 Å². The van der Waals surface area contributed by atoms with Gasteiger partial charge < -0.3 is 15.4 Å². The molecule has 0 unspecified atom stereocenters. The van der Waals surface area contributed by atoms with Crippen molar-refractivity contribution in [3.05, 3.63) is 12.1 Å². The van der Waals surface area contributed by atoms with Gasteiger partial charge in [0.15, 0.2) is 0 Å². The van der Waals surface area contributed by atoms with Crippen LogP contribution in [0.5, 0.6) is 5.88 Å². The van der Waals surface area contributed by atoms with Crippen molar-refractivity contribution in [1.29, 1.82) is 0 Å². The van der Waals surface area contributed by atoms with Crippen LogP contribution in [-0.2, 0) is 0 Å². The largest absolute Gasteiger partial charge is 0.473 e. The molecule has 114 valence electrons. The summed E-state index contributed by atoms with van der Waals surface area (Å²) >= 11 is 0. The molecule has 1 aromatic rings.